The smallest absolute Gasteiger partial charge is 0.0702 e. The van der Waals surface area contributed by atoms with Gasteiger partial charge in [-0.05, 0) is 18.8 Å². The zero-order chi connectivity index (χ0) is 9.26. The van der Waals surface area contributed by atoms with E-state index in [1.807, 2.05) is 0 Å². The fourth-order valence-corrected chi connectivity index (χ4v) is 2.82. The molecule has 2 heterocycles. The van der Waals surface area contributed by atoms with Gasteiger partial charge in [-0.2, -0.15) is 0 Å². The van der Waals surface area contributed by atoms with E-state index in [0.29, 0.717) is 10.9 Å². The Labute approximate surface area is 88.8 Å². The van der Waals surface area contributed by atoms with E-state index in [2.05, 4.69) is 27.8 Å². The highest BCUT2D eigenvalue weighted by molar-refractivity contribution is 9.09. The second-order valence-electron chi connectivity index (χ2n) is 4.35. The standard InChI is InChI=1S/C10H18BrNO/c1-8-5-12(7-10(8)11)6-9-3-2-4-13-9/h8-10H,2-7H2,1H3. The van der Waals surface area contributed by atoms with Crippen LogP contribution in [0.25, 0.3) is 0 Å². The molecule has 3 atom stereocenters. The summed E-state index contributed by atoms with van der Waals surface area (Å²) in [5.41, 5.74) is 0. The van der Waals surface area contributed by atoms with Gasteiger partial charge in [-0.15, -0.1) is 0 Å². The first kappa shape index (κ1) is 9.94. The van der Waals surface area contributed by atoms with Crippen LogP contribution < -0.4 is 0 Å². The Balaban J connectivity index is 1.76. The van der Waals surface area contributed by atoms with Crippen molar-refractivity contribution in [3.8, 4) is 0 Å². The Hall–Kier alpha value is 0.400. The van der Waals surface area contributed by atoms with Crippen LogP contribution in [-0.4, -0.2) is 42.1 Å². The van der Waals surface area contributed by atoms with Crippen LogP contribution in [0.3, 0.4) is 0 Å². The topological polar surface area (TPSA) is 12.5 Å². The summed E-state index contributed by atoms with van der Waals surface area (Å²) in [7, 11) is 0. The third kappa shape index (κ3) is 2.45. The molecular formula is C10H18BrNO. The fourth-order valence-electron chi connectivity index (χ4n) is 2.25. The lowest BCUT2D eigenvalue weighted by molar-refractivity contribution is 0.0799. The molecular weight excluding hydrogens is 230 g/mol. The molecule has 2 rings (SSSR count). The summed E-state index contributed by atoms with van der Waals surface area (Å²) in [6, 6.07) is 0. The molecule has 0 amide bonds. The summed E-state index contributed by atoms with van der Waals surface area (Å²) in [6.45, 7) is 6.87. The minimum Gasteiger partial charge on any atom is -0.377 e. The van der Waals surface area contributed by atoms with Crippen LogP contribution in [0.4, 0.5) is 0 Å². The summed E-state index contributed by atoms with van der Waals surface area (Å²) in [6.07, 6.45) is 3.04. The van der Waals surface area contributed by atoms with Gasteiger partial charge in [0.25, 0.3) is 0 Å². The molecule has 2 aliphatic heterocycles. The Bertz CT molecular complexity index is 160. The Kier molecular flexibility index (Phi) is 3.27. The van der Waals surface area contributed by atoms with Gasteiger partial charge >= 0.3 is 0 Å². The third-order valence-electron chi connectivity index (χ3n) is 3.08. The van der Waals surface area contributed by atoms with Crippen molar-refractivity contribution in [3.05, 3.63) is 0 Å². The number of halogens is 1. The lowest BCUT2D eigenvalue weighted by atomic mass is 10.2. The third-order valence-corrected chi connectivity index (χ3v) is 4.27. The Morgan fingerprint density at radius 3 is 2.85 bits per heavy atom. The van der Waals surface area contributed by atoms with Crippen molar-refractivity contribution in [2.45, 2.75) is 30.7 Å². The summed E-state index contributed by atoms with van der Waals surface area (Å²) in [5.74, 6) is 0.793. The normalized spacial score (nSPS) is 41.5. The van der Waals surface area contributed by atoms with Gasteiger partial charge in [0.15, 0.2) is 0 Å². The lowest BCUT2D eigenvalue weighted by Gasteiger charge is -2.19. The van der Waals surface area contributed by atoms with Gasteiger partial charge in [0.05, 0.1) is 6.10 Å². The molecule has 2 saturated heterocycles. The molecule has 3 unspecified atom stereocenters. The maximum absolute atomic E-state index is 5.63. The molecule has 0 spiro atoms. The largest absolute Gasteiger partial charge is 0.377 e. The highest BCUT2D eigenvalue weighted by Gasteiger charge is 2.29. The van der Waals surface area contributed by atoms with Crippen molar-refractivity contribution < 1.29 is 4.74 Å². The molecule has 3 heteroatoms. The van der Waals surface area contributed by atoms with Gasteiger partial charge < -0.3 is 4.74 Å². The highest BCUT2D eigenvalue weighted by atomic mass is 79.9. The van der Waals surface area contributed by atoms with Gasteiger partial charge in [0, 0.05) is 31.1 Å². The van der Waals surface area contributed by atoms with Crippen LogP contribution >= 0.6 is 15.9 Å². The van der Waals surface area contributed by atoms with E-state index in [9.17, 15) is 0 Å². The summed E-state index contributed by atoms with van der Waals surface area (Å²) in [4.78, 5) is 3.22. The molecule has 2 fully saturated rings. The number of alkyl halides is 1. The molecule has 0 aromatic heterocycles. The zero-order valence-corrected chi connectivity index (χ0v) is 9.79. The van der Waals surface area contributed by atoms with Crippen LogP contribution in [0.5, 0.6) is 0 Å². The van der Waals surface area contributed by atoms with E-state index in [4.69, 9.17) is 4.74 Å². The minimum atomic E-state index is 0.519. The van der Waals surface area contributed by atoms with E-state index in [0.717, 1.165) is 19.1 Å². The predicted octanol–water partition coefficient (Wildman–Crippen LogP) is 1.88. The fraction of sp³-hybridized carbons (Fsp3) is 1.00. The quantitative estimate of drug-likeness (QED) is 0.692. The maximum Gasteiger partial charge on any atom is 0.0702 e. The van der Waals surface area contributed by atoms with E-state index in [1.54, 1.807) is 0 Å². The molecule has 2 aliphatic rings. The summed E-state index contributed by atoms with van der Waals surface area (Å²) < 4.78 is 5.63. The molecule has 0 aromatic rings. The van der Waals surface area contributed by atoms with Crippen LogP contribution in [0.1, 0.15) is 19.8 Å². The van der Waals surface area contributed by atoms with Crippen molar-refractivity contribution in [1.82, 2.24) is 4.90 Å². The number of ether oxygens (including phenoxy) is 1. The SMILES string of the molecule is CC1CN(CC2CCCO2)CC1Br. The monoisotopic (exact) mass is 247 g/mol. The van der Waals surface area contributed by atoms with Crippen LogP contribution in [0, 0.1) is 5.92 Å². The van der Waals surface area contributed by atoms with Gasteiger partial charge in [-0.3, -0.25) is 4.90 Å². The molecule has 2 nitrogen and oxygen atoms in total. The molecule has 0 radical (unpaired) electrons. The van der Waals surface area contributed by atoms with Gasteiger partial charge in [-0.25, -0.2) is 0 Å². The number of nitrogens with zero attached hydrogens (tertiary/aromatic N) is 1. The average molecular weight is 248 g/mol. The van der Waals surface area contributed by atoms with Crippen LogP contribution in [0.2, 0.25) is 0 Å². The highest BCUT2D eigenvalue weighted by Crippen LogP contribution is 2.24. The first-order valence-corrected chi connectivity index (χ1v) is 6.15. The number of hydrogen-bond donors (Lipinski definition) is 0. The van der Waals surface area contributed by atoms with Crippen molar-refractivity contribution >= 4 is 15.9 Å². The van der Waals surface area contributed by atoms with Crippen molar-refractivity contribution in [1.29, 1.82) is 0 Å². The first-order chi connectivity index (χ1) is 6.25. The number of likely N-dealkylation sites (tertiary alicyclic amines) is 1. The predicted molar refractivity (Wildman–Crippen MR) is 57.3 cm³/mol. The minimum absolute atomic E-state index is 0.519. The molecule has 0 N–H and O–H groups in total. The van der Waals surface area contributed by atoms with E-state index >= 15 is 0 Å². The second-order valence-corrected chi connectivity index (χ2v) is 5.52. The second kappa shape index (κ2) is 4.28. The Morgan fingerprint density at radius 2 is 2.31 bits per heavy atom. The molecule has 0 bridgehead atoms. The van der Waals surface area contributed by atoms with Crippen molar-refractivity contribution in [2.24, 2.45) is 5.92 Å². The average Bonchev–Trinajstić information content (AvgIpc) is 2.64. The van der Waals surface area contributed by atoms with Crippen molar-refractivity contribution in [3.63, 3.8) is 0 Å². The summed E-state index contributed by atoms with van der Waals surface area (Å²) >= 11 is 3.71. The molecule has 0 saturated carbocycles. The molecule has 0 aliphatic carbocycles. The van der Waals surface area contributed by atoms with Gasteiger partial charge in [-0.1, -0.05) is 22.9 Å². The van der Waals surface area contributed by atoms with Crippen LogP contribution in [-0.2, 0) is 4.74 Å². The van der Waals surface area contributed by atoms with Gasteiger partial charge in [0.2, 0.25) is 0 Å². The zero-order valence-electron chi connectivity index (χ0n) is 8.21. The molecule has 0 aromatic carbocycles. The first-order valence-electron chi connectivity index (χ1n) is 5.23. The molecule has 76 valence electrons. The van der Waals surface area contributed by atoms with E-state index in [-0.39, 0.29) is 0 Å². The van der Waals surface area contributed by atoms with E-state index in [1.165, 1.54) is 25.9 Å². The maximum atomic E-state index is 5.63. The Morgan fingerprint density at radius 1 is 1.46 bits per heavy atom. The molecule has 13 heavy (non-hydrogen) atoms. The van der Waals surface area contributed by atoms with Gasteiger partial charge in [0.1, 0.15) is 0 Å². The van der Waals surface area contributed by atoms with Crippen molar-refractivity contribution in [2.75, 3.05) is 26.2 Å². The lowest BCUT2D eigenvalue weighted by Crippen LogP contribution is -2.30. The van der Waals surface area contributed by atoms with E-state index < -0.39 is 0 Å². The number of rotatable bonds is 2. The summed E-state index contributed by atoms with van der Waals surface area (Å²) in [5, 5.41) is 0. The number of hydrogen-bond acceptors (Lipinski definition) is 2. The van der Waals surface area contributed by atoms with Crippen LogP contribution in [0.15, 0.2) is 0 Å².